The van der Waals surface area contributed by atoms with Crippen molar-refractivity contribution >= 4 is 21.6 Å². The second-order valence-electron chi connectivity index (χ2n) is 3.94. The fraction of sp³-hybridized carbons (Fsp3) is 0.400. The van der Waals surface area contributed by atoms with Crippen LogP contribution in [0.25, 0.3) is 0 Å². The molecule has 1 aromatic rings. The number of nitrogens with two attached hydrogens (primary N) is 1. The molecule has 1 amide bonds. The minimum atomic E-state index is -3.11. The summed E-state index contributed by atoms with van der Waals surface area (Å²) in [4.78, 5) is 15.5. The molecule has 1 heterocycles. The van der Waals surface area contributed by atoms with Gasteiger partial charge in [0.05, 0.1) is 5.75 Å². The second-order valence-corrected chi connectivity index (χ2v) is 6.12. The van der Waals surface area contributed by atoms with E-state index in [-0.39, 0.29) is 17.5 Å². The largest absolute Gasteiger partial charge is 0.384 e. The predicted octanol–water partition coefficient (Wildman–Crippen LogP) is -0.173. The first-order valence-corrected chi connectivity index (χ1v) is 7.04. The standard InChI is InChI=1S/C10H15N3O3S/c1-7(6-17(2,15)16)13-10(14)8-3-4-12-9(11)5-8/h3-5,7H,6H2,1-2H3,(H2,11,12)(H,13,14). The highest BCUT2D eigenvalue weighted by Crippen LogP contribution is 2.03. The zero-order valence-corrected chi connectivity index (χ0v) is 10.5. The normalized spacial score (nSPS) is 13.1. The number of nitrogen functional groups attached to an aromatic ring is 1. The molecule has 1 unspecified atom stereocenters. The number of anilines is 1. The van der Waals surface area contributed by atoms with Gasteiger partial charge < -0.3 is 11.1 Å². The SMILES string of the molecule is CC(CS(C)(=O)=O)NC(=O)c1ccnc(N)c1. The van der Waals surface area contributed by atoms with Crippen molar-refractivity contribution in [2.24, 2.45) is 0 Å². The number of nitrogens with zero attached hydrogens (tertiary/aromatic N) is 1. The first kappa shape index (κ1) is 13.4. The predicted molar refractivity (Wildman–Crippen MR) is 65.3 cm³/mol. The molecular formula is C10H15N3O3S. The maximum absolute atomic E-state index is 11.7. The molecule has 0 radical (unpaired) electrons. The number of carbonyl (C=O) groups excluding carboxylic acids is 1. The fourth-order valence-corrected chi connectivity index (χ4v) is 2.38. The van der Waals surface area contributed by atoms with E-state index in [1.807, 2.05) is 0 Å². The van der Waals surface area contributed by atoms with Crippen LogP contribution in [0, 0.1) is 0 Å². The van der Waals surface area contributed by atoms with E-state index in [0.717, 1.165) is 6.26 Å². The minimum absolute atomic E-state index is 0.0979. The molecule has 0 spiro atoms. The summed E-state index contributed by atoms with van der Waals surface area (Å²) in [5, 5.41) is 2.58. The molecule has 17 heavy (non-hydrogen) atoms. The van der Waals surface area contributed by atoms with Crippen LogP contribution in [0.4, 0.5) is 5.82 Å². The molecule has 0 aliphatic rings. The molecule has 1 aromatic heterocycles. The molecule has 1 atom stereocenters. The van der Waals surface area contributed by atoms with Crippen LogP contribution in [0.5, 0.6) is 0 Å². The van der Waals surface area contributed by atoms with Crippen molar-refractivity contribution in [1.29, 1.82) is 0 Å². The van der Waals surface area contributed by atoms with Gasteiger partial charge in [-0.05, 0) is 19.1 Å². The molecule has 6 nitrogen and oxygen atoms in total. The van der Waals surface area contributed by atoms with Crippen molar-refractivity contribution < 1.29 is 13.2 Å². The highest BCUT2D eigenvalue weighted by Gasteiger charge is 2.14. The quantitative estimate of drug-likeness (QED) is 0.779. The number of carbonyl (C=O) groups is 1. The van der Waals surface area contributed by atoms with Crippen molar-refractivity contribution in [3.8, 4) is 0 Å². The lowest BCUT2D eigenvalue weighted by Gasteiger charge is -2.12. The molecule has 0 aromatic carbocycles. The van der Waals surface area contributed by atoms with Gasteiger partial charge in [0.15, 0.2) is 0 Å². The van der Waals surface area contributed by atoms with Crippen molar-refractivity contribution in [3.63, 3.8) is 0 Å². The van der Waals surface area contributed by atoms with Gasteiger partial charge in [-0.1, -0.05) is 0 Å². The van der Waals surface area contributed by atoms with Crippen LogP contribution in [0.3, 0.4) is 0 Å². The van der Waals surface area contributed by atoms with Gasteiger partial charge in [0, 0.05) is 24.1 Å². The molecule has 0 aliphatic carbocycles. The fourth-order valence-electron chi connectivity index (χ4n) is 1.39. The van der Waals surface area contributed by atoms with Crippen molar-refractivity contribution in [1.82, 2.24) is 10.3 Å². The third-order valence-electron chi connectivity index (χ3n) is 1.97. The molecule has 0 saturated heterocycles. The molecule has 0 bridgehead atoms. The van der Waals surface area contributed by atoms with Crippen LogP contribution in [0.1, 0.15) is 17.3 Å². The second kappa shape index (κ2) is 5.13. The monoisotopic (exact) mass is 257 g/mol. The van der Waals surface area contributed by atoms with Crippen LogP contribution in [-0.4, -0.2) is 37.4 Å². The van der Waals surface area contributed by atoms with Gasteiger partial charge in [0.2, 0.25) is 0 Å². The Morgan fingerprint density at radius 2 is 2.24 bits per heavy atom. The summed E-state index contributed by atoms with van der Waals surface area (Å²) in [6.45, 7) is 1.63. The Morgan fingerprint density at radius 1 is 1.59 bits per heavy atom. The Bertz CT molecular complexity index is 513. The van der Waals surface area contributed by atoms with Crippen LogP contribution >= 0.6 is 0 Å². The summed E-state index contributed by atoms with van der Waals surface area (Å²) >= 11 is 0. The van der Waals surface area contributed by atoms with Gasteiger partial charge in [-0.2, -0.15) is 0 Å². The number of sulfone groups is 1. The van der Waals surface area contributed by atoms with E-state index < -0.39 is 15.9 Å². The van der Waals surface area contributed by atoms with Crippen molar-refractivity contribution in [2.75, 3.05) is 17.7 Å². The lowest BCUT2D eigenvalue weighted by molar-refractivity contribution is 0.0943. The molecule has 3 N–H and O–H groups in total. The van der Waals surface area contributed by atoms with Gasteiger partial charge >= 0.3 is 0 Å². The van der Waals surface area contributed by atoms with E-state index in [9.17, 15) is 13.2 Å². The number of pyridine rings is 1. The highest BCUT2D eigenvalue weighted by atomic mass is 32.2. The Labute approximate surface area is 100 Å². The third kappa shape index (κ3) is 4.81. The lowest BCUT2D eigenvalue weighted by atomic mass is 10.2. The summed E-state index contributed by atoms with van der Waals surface area (Å²) in [7, 11) is -3.11. The summed E-state index contributed by atoms with van der Waals surface area (Å²) < 4.78 is 22.1. The molecule has 7 heteroatoms. The van der Waals surface area contributed by atoms with Gasteiger partial charge in [-0.25, -0.2) is 13.4 Å². The Kier molecular flexibility index (Phi) is 4.06. The molecule has 0 fully saturated rings. The zero-order valence-electron chi connectivity index (χ0n) is 9.67. The summed E-state index contributed by atoms with van der Waals surface area (Å²) in [5.74, 6) is -0.220. The Balaban J connectivity index is 2.67. The Morgan fingerprint density at radius 3 is 2.76 bits per heavy atom. The summed E-state index contributed by atoms with van der Waals surface area (Å²) in [6.07, 6.45) is 2.55. The minimum Gasteiger partial charge on any atom is -0.384 e. The van der Waals surface area contributed by atoms with E-state index in [2.05, 4.69) is 10.3 Å². The number of aromatic nitrogens is 1. The average Bonchev–Trinajstić information content (AvgIpc) is 2.14. The number of hydrogen-bond acceptors (Lipinski definition) is 5. The average molecular weight is 257 g/mol. The van der Waals surface area contributed by atoms with Crippen LogP contribution in [0.2, 0.25) is 0 Å². The number of rotatable bonds is 4. The van der Waals surface area contributed by atoms with Crippen LogP contribution < -0.4 is 11.1 Å². The number of nitrogens with one attached hydrogen (secondary N) is 1. The van der Waals surface area contributed by atoms with E-state index in [1.54, 1.807) is 6.92 Å². The number of amides is 1. The first-order valence-electron chi connectivity index (χ1n) is 4.98. The van der Waals surface area contributed by atoms with Crippen LogP contribution in [0.15, 0.2) is 18.3 Å². The van der Waals surface area contributed by atoms with Gasteiger partial charge in [0.1, 0.15) is 15.7 Å². The summed E-state index contributed by atoms with van der Waals surface area (Å²) in [6, 6.07) is 2.49. The van der Waals surface area contributed by atoms with E-state index in [1.165, 1.54) is 18.3 Å². The van der Waals surface area contributed by atoms with E-state index in [4.69, 9.17) is 5.73 Å². The van der Waals surface area contributed by atoms with Crippen molar-refractivity contribution in [2.45, 2.75) is 13.0 Å². The van der Waals surface area contributed by atoms with Gasteiger partial charge in [0.25, 0.3) is 5.91 Å². The summed E-state index contributed by atoms with van der Waals surface area (Å²) in [5.41, 5.74) is 5.80. The van der Waals surface area contributed by atoms with Crippen LogP contribution in [-0.2, 0) is 9.84 Å². The molecule has 1 rings (SSSR count). The van der Waals surface area contributed by atoms with E-state index in [0.29, 0.717) is 5.56 Å². The molecule has 0 aliphatic heterocycles. The van der Waals surface area contributed by atoms with Gasteiger partial charge in [-0.3, -0.25) is 4.79 Å². The molecule has 0 saturated carbocycles. The van der Waals surface area contributed by atoms with E-state index >= 15 is 0 Å². The zero-order chi connectivity index (χ0) is 13.1. The molecular weight excluding hydrogens is 242 g/mol. The maximum atomic E-state index is 11.7. The first-order chi connectivity index (χ1) is 7.78. The Hall–Kier alpha value is -1.63. The topological polar surface area (TPSA) is 102 Å². The smallest absolute Gasteiger partial charge is 0.251 e. The number of hydrogen-bond donors (Lipinski definition) is 2. The molecule has 94 valence electrons. The maximum Gasteiger partial charge on any atom is 0.251 e. The highest BCUT2D eigenvalue weighted by molar-refractivity contribution is 7.90. The third-order valence-corrected chi connectivity index (χ3v) is 3.08. The van der Waals surface area contributed by atoms with Crippen molar-refractivity contribution in [3.05, 3.63) is 23.9 Å². The van der Waals surface area contributed by atoms with Gasteiger partial charge in [-0.15, -0.1) is 0 Å². The lowest BCUT2D eigenvalue weighted by Crippen LogP contribution is -2.37.